The number of benzene rings is 1. The van der Waals surface area contributed by atoms with Gasteiger partial charge in [-0.05, 0) is 45.4 Å². The van der Waals surface area contributed by atoms with Gasteiger partial charge in [-0.3, -0.25) is 0 Å². The molecule has 0 aliphatic heterocycles. The first-order valence-electron chi connectivity index (χ1n) is 7.34. The maximum absolute atomic E-state index is 6.05. The molecule has 0 spiro atoms. The van der Waals surface area contributed by atoms with E-state index < -0.39 is 9.05 Å². The average molecular weight is 314 g/mol. The summed E-state index contributed by atoms with van der Waals surface area (Å²) < 4.78 is 28.3. The summed E-state index contributed by atoms with van der Waals surface area (Å²) in [5.74, 6) is 0.814. The zero-order valence-corrected chi connectivity index (χ0v) is 14.5. The SMILES string of the molecule is CCO[Si](OCC)(OCC)O[C@@H](C)c1ccc(OC)cc1. The van der Waals surface area contributed by atoms with Crippen molar-refractivity contribution in [1.29, 1.82) is 0 Å². The summed E-state index contributed by atoms with van der Waals surface area (Å²) in [6, 6.07) is 7.74. The molecular weight excluding hydrogens is 288 g/mol. The molecule has 0 saturated heterocycles. The lowest BCUT2D eigenvalue weighted by atomic mass is 10.1. The van der Waals surface area contributed by atoms with Gasteiger partial charge in [0.05, 0.1) is 13.2 Å². The highest BCUT2D eigenvalue weighted by atomic mass is 28.4. The Morgan fingerprint density at radius 3 is 1.76 bits per heavy atom. The van der Waals surface area contributed by atoms with Crippen molar-refractivity contribution in [3.63, 3.8) is 0 Å². The number of hydrogen-bond acceptors (Lipinski definition) is 5. The Balaban J connectivity index is 2.83. The Kier molecular flexibility index (Phi) is 7.91. The molecule has 1 aromatic rings. The molecule has 6 heteroatoms. The van der Waals surface area contributed by atoms with Crippen LogP contribution in [0.5, 0.6) is 5.75 Å². The van der Waals surface area contributed by atoms with Gasteiger partial charge in [0.2, 0.25) is 0 Å². The first-order chi connectivity index (χ1) is 10.1. The molecule has 0 amide bonds. The molecule has 0 fully saturated rings. The third-order valence-electron chi connectivity index (χ3n) is 2.87. The highest BCUT2D eigenvalue weighted by molar-refractivity contribution is 6.53. The molecule has 1 atom stereocenters. The number of hydrogen-bond donors (Lipinski definition) is 0. The van der Waals surface area contributed by atoms with Crippen molar-refractivity contribution in [3.05, 3.63) is 29.8 Å². The summed E-state index contributed by atoms with van der Waals surface area (Å²) in [6.45, 7) is 9.13. The summed E-state index contributed by atoms with van der Waals surface area (Å²) in [5, 5.41) is 0. The van der Waals surface area contributed by atoms with Crippen molar-refractivity contribution in [2.75, 3.05) is 26.9 Å². The van der Waals surface area contributed by atoms with Crippen LogP contribution >= 0.6 is 0 Å². The van der Waals surface area contributed by atoms with Gasteiger partial charge in [-0.1, -0.05) is 12.1 Å². The molecule has 0 unspecified atom stereocenters. The van der Waals surface area contributed by atoms with Crippen LogP contribution in [-0.2, 0) is 17.7 Å². The summed E-state index contributed by atoms with van der Waals surface area (Å²) in [6.07, 6.45) is -0.188. The molecule has 5 nitrogen and oxygen atoms in total. The highest BCUT2D eigenvalue weighted by Crippen LogP contribution is 2.25. The van der Waals surface area contributed by atoms with Crippen molar-refractivity contribution in [2.24, 2.45) is 0 Å². The molecule has 0 bridgehead atoms. The minimum absolute atomic E-state index is 0.188. The topological polar surface area (TPSA) is 46.2 Å². The second-order valence-corrected chi connectivity index (χ2v) is 6.43. The third-order valence-corrected chi connectivity index (χ3v) is 5.44. The Morgan fingerprint density at radius 2 is 1.38 bits per heavy atom. The van der Waals surface area contributed by atoms with E-state index in [4.69, 9.17) is 22.4 Å². The molecule has 0 aliphatic rings. The Morgan fingerprint density at radius 1 is 0.905 bits per heavy atom. The lowest BCUT2D eigenvalue weighted by Crippen LogP contribution is -2.49. The van der Waals surface area contributed by atoms with E-state index in [1.54, 1.807) is 7.11 Å². The molecule has 120 valence electrons. The van der Waals surface area contributed by atoms with Crippen LogP contribution in [-0.4, -0.2) is 36.0 Å². The van der Waals surface area contributed by atoms with Crippen LogP contribution in [0.4, 0.5) is 0 Å². The van der Waals surface area contributed by atoms with Crippen LogP contribution < -0.4 is 4.74 Å². The van der Waals surface area contributed by atoms with Gasteiger partial charge >= 0.3 is 9.05 Å². The van der Waals surface area contributed by atoms with Crippen LogP contribution in [0.3, 0.4) is 0 Å². The minimum atomic E-state index is -3.09. The van der Waals surface area contributed by atoms with Crippen molar-refractivity contribution in [2.45, 2.75) is 33.8 Å². The molecular formula is C15H26O5Si. The Hall–Kier alpha value is -0.923. The predicted molar refractivity (Wildman–Crippen MR) is 83.1 cm³/mol. The van der Waals surface area contributed by atoms with Crippen molar-refractivity contribution in [1.82, 2.24) is 0 Å². The van der Waals surface area contributed by atoms with Crippen molar-refractivity contribution < 1.29 is 22.4 Å². The largest absolute Gasteiger partial charge is 0.680 e. The van der Waals surface area contributed by atoms with Crippen LogP contribution in [0, 0.1) is 0 Å². The Labute approximate surface area is 128 Å². The fraction of sp³-hybridized carbons (Fsp3) is 0.600. The standard InChI is InChI=1S/C15H26O5Si/c1-6-17-21(18-7-2,19-8-3)20-13(4)14-9-11-15(16-5)12-10-14/h9-13H,6-8H2,1-5H3/t13-/m0/s1. The monoisotopic (exact) mass is 314 g/mol. The molecule has 0 aromatic heterocycles. The lowest BCUT2D eigenvalue weighted by Gasteiger charge is -2.29. The van der Waals surface area contributed by atoms with Crippen LogP contribution in [0.1, 0.15) is 39.4 Å². The molecule has 1 rings (SSSR count). The maximum atomic E-state index is 6.05. The van der Waals surface area contributed by atoms with Gasteiger partial charge in [0.1, 0.15) is 5.75 Å². The molecule has 0 heterocycles. The third kappa shape index (κ3) is 5.41. The first kappa shape index (κ1) is 18.1. The second-order valence-electron chi connectivity index (χ2n) is 4.33. The molecule has 0 aliphatic carbocycles. The van der Waals surface area contributed by atoms with Gasteiger partial charge in [-0.15, -0.1) is 0 Å². The molecule has 0 saturated carbocycles. The quantitative estimate of drug-likeness (QED) is 0.620. The smallest absolute Gasteiger partial charge is 0.497 e. The average Bonchev–Trinajstić information content (AvgIpc) is 2.48. The number of methoxy groups -OCH3 is 1. The van der Waals surface area contributed by atoms with E-state index >= 15 is 0 Å². The second kappa shape index (κ2) is 9.17. The Bertz CT molecular complexity index is 379. The van der Waals surface area contributed by atoms with E-state index in [-0.39, 0.29) is 6.10 Å². The maximum Gasteiger partial charge on any atom is 0.680 e. The summed E-state index contributed by atoms with van der Waals surface area (Å²) in [4.78, 5) is 0. The van der Waals surface area contributed by atoms with E-state index in [1.807, 2.05) is 52.0 Å². The van der Waals surface area contributed by atoms with Crippen LogP contribution in [0.25, 0.3) is 0 Å². The molecule has 21 heavy (non-hydrogen) atoms. The lowest BCUT2D eigenvalue weighted by molar-refractivity contribution is -0.0471. The number of ether oxygens (including phenoxy) is 1. The van der Waals surface area contributed by atoms with Gasteiger partial charge in [0, 0.05) is 19.8 Å². The van der Waals surface area contributed by atoms with E-state index in [2.05, 4.69) is 0 Å². The summed E-state index contributed by atoms with van der Waals surface area (Å²) >= 11 is 0. The van der Waals surface area contributed by atoms with Crippen molar-refractivity contribution >= 4 is 9.05 Å². The normalized spacial score (nSPS) is 13.2. The van der Waals surface area contributed by atoms with Gasteiger partial charge < -0.3 is 22.4 Å². The molecule has 0 radical (unpaired) electrons. The molecule has 0 N–H and O–H groups in total. The van der Waals surface area contributed by atoms with E-state index in [0.717, 1.165) is 11.3 Å². The van der Waals surface area contributed by atoms with Crippen LogP contribution in [0.2, 0.25) is 0 Å². The zero-order chi connectivity index (χ0) is 15.7. The van der Waals surface area contributed by atoms with Gasteiger partial charge in [-0.25, -0.2) is 0 Å². The van der Waals surface area contributed by atoms with Gasteiger partial charge in [-0.2, -0.15) is 0 Å². The first-order valence-corrected chi connectivity index (χ1v) is 8.97. The van der Waals surface area contributed by atoms with Crippen molar-refractivity contribution in [3.8, 4) is 5.75 Å². The number of rotatable bonds is 10. The summed E-state index contributed by atoms with van der Waals surface area (Å²) in [7, 11) is -1.45. The van der Waals surface area contributed by atoms with Gasteiger partial charge in [0.25, 0.3) is 0 Å². The summed E-state index contributed by atoms with van der Waals surface area (Å²) in [5.41, 5.74) is 1.02. The highest BCUT2D eigenvalue weighted by Gasteiger charge is 2.46. The fourth-order valence-electron chi connectivity index (χ4n) is 1.92. The predicted octanol–water partition coefficient (Wildman–Crippen LogP) is 3.32. The fourth-order valence-corrected chi connectivity index (χ4v) is 4.00. The van der Waals surface area contributed by atoms with Gasteiger partial charge in [0.15, 0.2) is 0 Å². The molecule has 1 aromatic carbocycles. The van der Waals surface area contributed by atoms with Crippen LogP contribution in [0.15, 0.2) is 24.3 Å². The van der Waals surface area contributed by atoms with E-state index in [1.165, 1.54) is 0 Å². The van der Waals surface area contributed by atoms with E-state index in [0.29, 0.717) is 19.8 Å². The minimum Gasteiger partial charge on any atom is -0.497 e. The van der Waals surface area contributed by atoms with E-state index in [9.17, 15) is 0 Å². The zero-order valence-electron chi connectivity index (χ0n) is 13.5.